The second kappa shape index (κ2) is 5.86. The van der Waals surface area contributed by atoms with Crippen LogP contribution in [-0.4, -0.2) is 28.2 Å². The molecular weight excluding hydrogens is 250 g/mol. The lowest BCUT2D eigenvalue weighted by Gasteiger charge is -2.10. The number of pyridine rings is 1. The van der Waals surface area contributed by atoms with E-state index >= 15 is 0 Å². The van der Waals surface area contributed by atoms with Crippen LogP contribution in [0.4, 0.5) is 4.79 Å². The molecule has 1 aliphatic rings. The van der Waals surface area contributed by atoms with E-state index in [0.29, 0.717) is 0 Å². The van der Waals surface area contributed by atoms with Crippen LogP contribution in [0, 0.1) is 0 Å². The number of hydrogen-bond acceptors (Lipinski definition) is 4. The van der Waals surface area contributed by atoms with Crippen LogP contribution < -0.4 is 10.6 Å². The Morgan fingerprint density at radius 1 is 1.44 bits per heavy atom. The standard InChI is InChI=1S/C12H15N3O2S/c1-8(18-10-4-2-3-7-13-10)11(16)15-12(17)14-9-5-6-9/h2-4,7-9H,5-6H2,1H3,(H2,14,15,16,17). The molecule has 0 radical (unpaired) electrons. The maximum absolute atomic E-state index is 11.7. The van der Waals surface area contributed by atoms with Crippen LogP contribution in [0.2, 0.25) is 0 Å². The average molecular weight is 265 g/mol. The van der Waals surface area contributed by atoms with Gasteiger partial charge < -0.3 is 5.32 Å². The Balaban J connectivity index is 1.78. The van der Waals surface area contributed by atoms with Crippen molar-refractivity contribution in [3.63, 3.8) is 0 Å². The fourth-order valence-corrected chi connectivity index (χ4v) is 2.12. The Hall–Kier alpha value is -1.56. The number of carbonyl (C=O) groups is 2. The van der Waals surface area contributed by atoms with Crippen molar-refractivity contribution in [2.75, 3.05) is 0 Å². The fraction of sp³-hybridized carbons (Fsp3) is 0.417. The molecule has 2 rings (SSSR count). The van der Waals surface area contributed by atoms with Gasteiger partial charge in [0.2, 0.25) is 5.91 Å². The first-order chi connectivity index (χ1) is 8.65. The predicted molar refractivity (Wildman–Crippen MR) is 69.3 cm³/mol. The highest BCUT2D eigenvalue weighted by molar-refractivity contribution is 8.00. The van der Waals surface area contributed by atoms with E-state index in [2.05, 4.69) is 15.6 Å². The van der Waals surface area contributed by atoms with E-state index in [0.717, 1.165) is 17.9 Å². The second-order valence-electron chi connectivity index (χ2n) is 4.17. The minimum absolute atomic E-state index is 0.247. The van der Waals surface area contributed by atoms with Crippen molar-refractivity contribution in [1.82, 2.24) is 15.6 Å². The van der Waals surface area contributed by atoms with Gasteiger partial charge in [0.1, 0.15) is 0 Å². The lowest BCUT2D eigenvalue weighted by atomic mass is 10.4. The molecule has 1 saturated carbocycles. The summed E-state index contributed by atoms with van der Waals surface area (Å²) in [7, 11) is 0. The molecule has 1 aromatic heterocycles. The first-order valence-corrected chi connectivity index (χ1v) is 6.72. The molecule has 1 atom stereocenters. The van der Waals surface area contributed by atoms with Crippen molar-refractivity contribution >= 4 is 23.7 Å². The number of aromatic nitrogens is 1. The molecule has 1 fully saturated rings. The molecule has 0 aromatic carbocycles. The third kappa shape index (κ3) is 4.03. The van der Waals surface area contributed by atoms with Gasteiger partial charge in [0, 0.05) is 12.2 Å². The summed E-state index contributed by atoms with van der Waals surface area (Å²) in [6, 6.07) is 5.35. The largest absolute Gasteiger partial charge is 0.335 e. The quantitative estimate of drug-likeness (QED) is 0.810. The second-order valence-corrected chi connectivity index (χ2v) is 5.53. The van der Waals surface area contributed by atoms with Gasteiger partial charge in [-0.15, -0.1) is 0 Å². The third-order valence-corrected chi connectivity index (χ3v) is 3.50. The predicted octanol–water partition coefficient (Wildman–Crippen LogP) is 1.55. The number of imide groups is 1. The van der Waals surface area contributed by atoms with E-state index in [1.807, 2.05) is 18.2 Å². The number of thioether (sulfide) groups is 1. The van der Waals surface area contributed by atoms with Gasteiger partial charge in [-0.25, -0.2) is 9.78 Å². The Morgan fingerprint density at radius 3 is 2.83 bits per heavy atom. The molecule has 1 aromatic rings. The van der Waals surface area contributed by atoms with Crippen molar-refractivity contribution in [3.8, 4) is 0 Å². The number of urea groups is 1. The summed E-state index contributed by atoms with van der Waals surface area (Å²) in [5.74, 6) is -0.302. The van der Waals surface area contributed by atoms with Gasteiger partial charge in [-0.1, -0.05) is 17.8 Å². The first-order valence-electron chi connectivity index (χ1n) is 5.84. The van der Waals surface area contributed by atoms with Crippen LogP contribution in [-0.2, 0) is 4.79 Å². The number of hydrogen-bond donors (Lipinski definition) is 2. The van der Waals surface area contributed by atoms with E-state index in [1.54, 1.807) is 13.1 Å². The van der Waals surface area contributed by atoms with Crippen LogP contribution in [0.5, 0.6) is 0 Å². The number of nitrogens with zero attached hydrogens (tertiary/aromatic N) is 1. The van der Waals surface area contributed by atoms with Gasteiger partial charge in [-0.2, -0.15) is 0 Å². The molecule has 1 aliphatic carbocycles. The third-order valence-electron chi connectivity index (χ3n) is 2.45. The van der Waals surface area contributed by atoms with Crippen LogP contribution in [0.25, 0.3) is 0 Å². The minimum Gasteiger partial charge on any atom is -0.335 e. The van der Waals surface area contributed by atoms with E-state index in [-0.39, 0.29) is 17.2 Å². The smallest absolute Gasteiger partial charge is 0.321 e. The zero-order valence-corrected chi connectivity index (χ0v) is 10.9. The fourth-order valence-electron chi connectivity index (χ4n) is 1.31. The van der Waals surface area contributed by atoms with Gasteiger partial charge >= 0.3 is 6.03 Å². The van der Waals surface area contributed by atoms with Crippen LogP contribution in [0.15, 0.2) is 29.4 Å². The normalized spacial score (nSPS) is 15.8. The van der Waals surface area contributed by atoms with Gasteiger partial charge in [-0.05, 0) is 31.9 Å². The van der Waals surface area contributed by atoms with Gasteiger partial charge in [0.25, 0.3) is 0 Å². The molecule has 0 bridgehead atoms. The summed E-state index contributed by atoms with van der Waals surface area (Å²) in [4.78, 5) is 27.3. The van der Waals surface area contributed by atoms with E-state index < -0.39 is 6.03 Å². The highest BCUT2D eigenvalue weighted by Gasteiger charge is 2.25. The first kappa shape index (κ1) is 12.9. The van der Waals surface area contributed by atoms with Crippen molar-refractivity contribution in [2.45, 2.75) is 36.1 Å². The maximum Gasteiger partial charge on any atom is 0.321 e. The summed E-state index contributed by atoms with van der Waals surface area (Å²) in [6.07, 6.45) is 3.67. The molecule has 1 unspecified atom stereocenters. The SMILES string of the molecule is CC(Sc1ccccn1)C(=O)NC(=O)NC1CC1. The van der Waals surface area contributed by atoms with Gasteiger partial charge in [-0.3, -0.25) is 10.1 Å². The summed E-state index contributed by atoms with van der Waals surface area (Å²) in [6.45, 7) is 1.75. The molecular formula is C12H15N3O2S. The molecule has 96 valence electrons. The van der Waals surface area contributed by atoms with Gasteiger partial charge in [0.15, 0.2) is 0 Å². The van der Waals surface area contributed by atoms with Crippen LogP contribution in [0.1, 0.15) is 19.8 Å². The Labute approximate surface area is 110 Å². The van der Waals surface area contributed by atoms with Gasteiger partial charge in [0.05, 0.1) is 10.3 Å². The lowest BCUT2D eigenvalue weighted by molar-refractivity contribution is -0.119. The van der Waals surface area contributed by atoms with Crippen LogP contribution in [0.3, 0.4) is 0 Å². The molecule has 0 saturated heterocycles. The molecule has 5 nitrogen and oxygen atoms in total. The summed E-state index contributed by atoms with van der Waals surface area (Å²) >= 11 is 1.33. The Bertz CT molecular complexity index is 434. The molecule has 1 heterocycles. The number of carbonyl (C=O) groups excluding carboxylic acids is 2. The number of nitrogens with one attached hydrogen (secondary N) is 2. The monoisotopic (exact) mass is 265 g/mol. The van der Waals surface area contributed by atoms with Crippen molar-refractivity contribution in [1.29, 1.82) is 0 Å². The summed E-state index contributed by atoms with van der Waals surface area (Å²) in [5, 5.41) is 5.45. The summed E-state index contributed by atoms with van der Waals surface area (Å²) < 4.78 is 0. The topological polar surface area (TPSA) is 71.1 Å². The van der Waals surface area contributed by atoms with E-state index in [9.17, 15) is 9.59 Å². The molecule has 18 heavy (non-hydrogen) atoms. The maximum atomic E-state index is 11.7. The van der Waals surface area contributed by atoms with E-state index in [1.165, 1.54) is 11.8 Å². The summed E-state index contributed by atoms with van der Waals surface area (Å²) in [5.41, 5.74) is 0. The molecule has 2 N–H and O–H groups in total. The Kier molecular flexibility index (Phi) is 4.19. The zero-order valence-electron chi connectivity index (χ0n) is 10.1. The van der Waals surface area contributed by atoms with E-state index in [4.69, 9.17) is 0 Å². The number of amides is 3. The minimum atomic E-state index is -0.407. The number of rotatable bonds is 4. The van der Waals surface area contributed by atoms with Crippen LogP contribution >= 0.6 is 11.8 Å². The zero-order chi connectivity index (χ0) is 13.0. The van der Waals surface area contributed by atoms with Crippen molar-refractivity contribution < 1.29 is 9.59 Å². The van der Waals surface area contributed by atoms with Crippen molar-refractivity contribution in [3.05, 3.63) is 24.4 Å². The highest BCUT2D eigenvalue weighted by atomic mass is 32.2. The molecule has 0 spiro atoms. The Morgan fingerprint density at radius 2 is 2.22 bits per heavy atom. The van der Waals surface area contributed by atoms with Crippen molar-refractivity contribution in [2.24, 2.45) is 0 Å². The molecule has 0 aliphatic heterocycles. The lowest BCUT2D eigenvalue weighted by Crippen LogP contribution is -2.43. The average Bonchev–Trinajstić information content (AvgIpc) is 3.14. The molecule has 3 amide bonds. The molecule has 6 heteroatoms. The highest BCUT2D eigenvalue weighted by Crippen LogP contribution is 2.20.